The third-order valence-electron chi connectivity index (χ3n) is 1.05. The molecule has 3 nitrogen and oxygen atoms in total. The average molecular weight is 141 g/mol. The molecule has 0 fully saturated rings. The van der Waals surface area contributed by atoms with Crippen LogP contribution < -0.4 is 5.73 Å². The summed E-state index contributed by atoms with van der Waals surface area (Å²) in [5, 5.41) is 5.58. The molecule has 0 saturated carbocycles. The van der Waals surface area contributed by atoms with Gasteiger partial charge in [-0.15, -0.1) is 0 Å². The lowest BCUT2D eigenvalue weighted by molar-refractivity contribution is 0.216. The molecule has 0 heterocycles. The summed E-state index contributed by atoms with van der Waals surface area (Å²) in [5.74, 6) is 0. The van der Waals surface area contributed by atoms with Crippen LogP contribution in [0.3, 0.4) is 0 Å². The quantitative estimate of drug-likeness (QED) is 0.356. The van der Waals surface area contributed by atoms with Crippen LogP contribution in [0.15, 0.2) is 17.9 Å². The van der Waals surface area contributed by atoms with Crippen LogP contribution in [-0.2, 0) is 0 Å². The molecule has 2 N–H and O–H groups in total. The lowest BCUT2D eigenvalue weighted by Gasteiger charge is -2.28. The summed E-state index contributed by atoms with van der Waals surface area (Å²) in [6, 6.07) is 0. The molecule has 0 aromatic heterocycles. The van der Waals surface area contributed by atoms with E-state index in [-0.39, 0.29) is 5.54 Å². The van der Waals surface area contributed by atoms with Crippen molar-refractivity contribution in [2.75, 3.05) is 0 Å². The van der Waals surface area contributed by atoms with Crippen LogP contribution in [0.4, 0.5) is 0 Å². The summed E-state index contributed by atoms with van der Waals surface area (Å²) in [5.41, 5.74) is 5.08. The van der Waals surface area contributed by atoms with E-state index in [4.69, 9.17) is 5.73 Å². The number of hydrogen-bond donors (Lipinski definition) is 1. The van der Waals surface area contributed by atoms with Crippen LogP contribution in [0.1, 0.15) is 20.8 Å². The Kier molecular flexibility index (Phi) is 2.93. The molecule has 0 unspecified atom stereocenters. The largest absolute Gasteiger partial charge is 0.388 e. The van der Waals surface area contributed by atoms with Crippen LogP contribution in [0.25, 0.3) is 0 Å². The van der Waals surface area contributed by atoms with Gasteiger partial charge in [0.15, 0.2) is 0 Å². The fourth-order valence-electron chi connectivity index (χ4n) is 0.566. The second kappa shape index (κ2) is 3.25. The Bertz CT molecular complexity index is 132. The van der Waals surface area contributed by atoms with E-state index in [0.717, 1.165) is 0 Å². The molecule has 10 heavy (non-hydrogen) atoms. The summed E-state index contributed by atoms with van der Waals surface area (Å²) < 4.78 is 0. The summed E-state index contributed by atoms with van der Waals surface area (Å²) in [6.45, 7) is 9.69. The predicted molar refractivity (Wildman–Crippen MR) is 44.5 cm³/mol. The Morgan fingerprint density at radius 3 is 2.10 bits per heavy atom. The van der Waals surface area contributed by atoms with Gasteiger partial charge in [0, 0.05) is 6.20 Å². The molecule has 0 aliphatic carbocycles. The molecule has 0 aromatic rings. The van der Waals surface area contributed by atoms with E-state index in [9.17, 15) is 0 Å². The average Bonchev–Trinajstić information content (AvgIpc) is 1.80. The van der Waals surface area contributed by atoms with Crippen molar-refractivity contribution in [3.63, 3.8) is 0 Å². The van der Waals surface area contributed by atoms with Crippen molar-refractivity contribution in [2.24, 2.45) is 10.8 Å². The molecule has 0 aliphatic rings. The molecule has 0 radical (unpaired) electrons. The fourth-order valence-corrected chi connectivity index (χ4v) is 0.566. The van der Waals surface area contributed by atoms with E-state index < -0.39 is 0 Å². The summed E-state index contributed by atoms with van der Waals surface area (Å²) in [4.78, 5) is 0. The maximum atomic E-state index is 5.12. The van der Waals surface area contributed by atoms with E-state index in [1.165, 1.54) is 6.34 Å². The van der Waals surface area contributed by atoms with E-state index in [0.29, 0.717) is 0 Å². The molecule has 0 rings (SSSR count). The standard InChI is InChI=1S/C7H15N3/c1-5-10(9-6-8)7(2,3)4/h5-6H,1H2,2-4H3,(H2,8,9). The van der Waals surface area contributed by atoms with Crippen molar-refractivity contribution in [2.45, 2.75) is 26.3 Å². The number of rotatable bonds is 2. The SMILES string of the molecule is C=CN(/N=C\N)C(C)(C)C. The highest BCUT2D eigenvalue weighted by Crippen LogP contribution is 2.12. The normalized spacial score (nSPS) is 11.9. The van der Waals surface area contributed by atoms with Gasteiger partial charge in [-0.2, -0.15) is 5.10 Å². The molecule has 0 aliphatic heterocycles. The van der Waals surface area contributed by atoms with Crippen molar-refractivity contribution >= 4 is 6.34 Å². The van der Waals surface area contributed by atoms with Crippen molar-refractivity contribution in [1.82, 2.24) is 5.01 Å². The van der Waals surface area contributed by atoms with Crippen molar-refractivity contribution in [3.8, 4) is 0 Å². The maximum Gasteiger partial charge on any atom is 0.106 e. The molecule has 0 aromatic carbocycles. The molecule has 0 amide bonds. The monoisotopic (exact) mass is 141 g/mol. The first-order chi connectivity index (χ1) is 4.52. The first-order valence-corrected chi connectivity index (χ1v) is 3.18. The van der Waals surface area contributed by atoms with Gasteiger partial charge in [0.1, 0.15) is 6.34 Å². The van der Waals surface area contributed by atoms with E-state index in [1.54, 1.807) is 11.2 Å². The Hall–Kier alpha value is -0.990. The topological polar surface area (TPSA) is 41.6 Å². The molecule has 0 atom stereocenters. The minimum Gasteiger partial charge on any atom is -0.388 e. The smallest absolute Gasteiger partial charge is 0.106 e. The second-order valence-corrected chi connectivity index (χ2v) is 2.96. The first kappa shape index (κ1) is 9.01. The fraction of sp³-hybridized carbons (Fsp3) is 0.571. The number of nitrogens with two attached hydrogens (primary N) is 1. The summed E-state index contributed by atoms with van der Waals surface area (Å²) in [6.07, 6.45) is 2.90. The number of hydrazone groups is 1. The molecular weight excluding hydrogens is 126 g/mol. The van der Waals surface area contributed by atoms with E-state index in [2.05, 4.69) is 11.7 Å². The van der Waals surface area contributed by atoms with Gasteiger partial charge < -0.3 is 5.73 Å². The van der Waals surface area contributed by atoms with E-state index in [1.807, 2.05) is 20.8 Å². The molecule has 58 valence electrons. The highest BCUT2D eigenvalue weighted by atomic mass is 15.5. The van der Waals surface area contributed by atoms with Crippen LogP contribution in [0.5, 0.6) is 0 Å². The van der Waals surface area contributed by atoms with E-state index >= 15 is 0 Å². The van der Waals surface area contributed by atoms with Gasteiger partial charge >= 0.3 is 0 Å². The molecule has 0 bridgehead atoms. The van der Waals surface area contributed by atoms with Gasteiger partial charge in [0.05, 0.1) is 5.54 Å². The first-order valence-electron chi connectivity index (χ1n) is 3.18. The lowest BCUT2D eigenvalue weighted by atomic mass is 10.1. The molecule has 3 heteroatoms. The highest BCUT2D eigenvalue weighted by Gasteiger charge is 2.15. The molecule has 0 saturated heterocycles. The van der Waals surface area contributed by atoms with Crippen LogP contribution in [0, 0.1) is 0 Å². The van der Waals surface area contributed by atoms with Crippen molar-refractivity contribution in [3.05, 3.63) is 12.8 Å². The Morgan fingerprint density at radius 1 is 1.50 bits per heavy atom. The maximum absolute atomic E-state index is 5.12. The van der Waals surface area contributed by atoms with Crippen LogP contribution in [0.2, 0.25) is 0 Å². The Labute approximate surface area is 62.2 Å². The summed E-state index contributed by atoms with van der Waals surface area (Å²) in [7, 11) is 0. The zero-order valence-corrected chi connectivity index (χ0v) is 6.83. The van der Waals surface area contributed by atoms with Gasteiger partial charge in [-0.25, -0.2) is 0 Å². The zero-order chi connectivity index (χ0) is 8.20. The Morgan fingerprint density at radius 2 is 2.00 bits per heavy atom. The van der Waals surface area contributed by atoms with Crippen LogP contribution in [-0.4, -0.2) is 16.9 Å². The van der Waals surface area contributed by atoms with Crippen molar-refractivity contribution < 1.29 is 0 Å². The van der Waals surface area contributed by atoms with Gasteiger partial charge in [0.25, 0.3) is 0 Å². The van der Waals surface area contributed by atoms with Gasteiger partial charge in [-0.3, -0.25) is 5.01 Å². The van der Waals surface area contributed by atoms with Crippen LogP contribution >= 0.6 is 0 Å². The molecular formula is C7H15N3. The minimum atomic E-state index is -0.0440. The third-order valence-corrected chi connectivity index (χ3v) is 1.05. The van der Waals surface area contributed by atoms with Crippen molar-refractivity contribution in [1.29, 1.82) is 0 Å². The van der Waals surface area contributed by atoms with Gasteiger partial charge in [-0.05, 0) is 20.8 Å². The van der Waals surface area contributed by atoms with Gasteiger partial charge in [0.2, 0.25) is 0 Å². The van der Waals surface area contributed by atoms with Gasteiger partial charge in [-0.1, -0.05) is 6.58 Å². The predicted octanol–water partition coefficient (Wildman–Crippen LogP) is 1.13. The third kappa shape index (κ3) is 2.53. The zero-order valence-electron chi connectivity index (χ0n) is 6.83. The lowest BCUT2D eigenvalue weighted by Crippen LogP contribution is -2.33. The highest BCUT2D eigenvalue weighted by molar-refractivity contribution is 5.50. The molecule has 0 spiro atoms. The number of hydrogen-bond acceptors (Lipinski definition) is 2. The Balaban J connectivity index is 4.21. The minimum absolute atomic E-state index is 0.0440. The summed E-state index contributed by atoms with van der Waals surface area (Å²) >= 11 is 0. The second-order valence-electron chi connectivity index (χ2n) is 2.96. The number of nitrogens with zero attached hydrogens (tertiary/aromatic N) is 2.